The van der Waals surface area contributed by atoms with Gasteiger partial charge in [-0.15, -0.1) is 0 Å². The molecule has 0 N–H and O–H groups in total. The third-order valence-electron chi connectivity index (χ3n) is 11.3. The lowest BCUT2D eigenvalue weighted by atomic mass is 9.96. The summed E-state index contributed by atoms with van der Waals surface area (Å²) in [7, 11) is 0. The highest BCUT2D eigenvalue weighted by Crippen LogP contribution is 2.39. The van der Waals surface area contributed by atoms with Gasteiger partial charge in [-0.3, -0.25) is 0 Å². The van der Waals surface area contributed by atoms with Crippen molar-refractivity contribution in [2.24, 2.45) is 0 Å². The molecule has 11 aromatic rings. The van der Waals surface area contributed by atoms with Gasteiger partial charge >= 0.3 is 0 Å². The number of aromatic nitrogens is 5. The Bertz CT molecular complexity index is 3480. The van der Waals surface area contributed by atoms with Gasteiger partial charge in [0.1, 0.15) is 0 Å². The minimum atomic E-state index is 0.372. The normalized spacial score (nSPS) is 11.3. The van der Waals surface area contributed by atoms with Crippen LogP contribution >= 0.6 is 0 Å². The highest BCUT2D eigenvalue weighted by atomic mass is 15.0. The van der Waals surface area contributed by atoms with Gasteiger partial charge in [-0.05, 0) is 77.9 Å². The Morgan fingerprint density at radius 3 is 1.37 bits per heavy atom. The van der Waals surface area contributed by atoms with Gasteiger partial charge in [0.25, 0.3) is 0 Å². The van der Waals surface area contributed by atoms with E-state index in [0.717, 1.165) is 77.2 Å². The molecule has 0 fully saturated rings. The predicted molar refractivity (Wildman–Crippen MR) is 240 cm³/mol. The number of fused-ring (bicyclic) bond motifs is 6. The molecular weight excluding hydrogens is 735 g/mol. The second kappa shape index (κ2) is 14.1. The molecule has 0 atom stereocenters. The van der Waals surface area contributed by atoms with E-state index in [1.54, 1.807) is 6.07 Å². The first-order valence-corrected chi connectivity index (χ1v) is 19.6. The Morgan fingerprint density at radius 2 is 0.817 bits per heavy atom. The maximum Gasteiger partial charge on any atom is 0.165 e. The third kappa shape index (κ3) is 5.61. The second-order valence-corrected chi connectivity index (χ2v) is 14.7. The zero-order valence-corrected chi connectivity index (χ0v) is 32.0. The maximum atomic E-state index is 10.6. The van der Waals surface area contributed by atoms with Crippen molar-refractivity contribution in [3.05, 3.63) is 199 Å². The van der Waals surface area contributed by atoms with Crippen LogP contribution in [0.1, 0.15) is 11.1 Å². The van der Waals surface area contributed by atoms with E-state index in [1.807, 2.05) is 78.9 Å². The molecule has 0 bridgehead atoms. The van der Waals surface area contributed by atoms with E-state index >= 15 is 0 Å². The molecule has 278 valence electrons. The van der Waals surface area contributed by atoms with E-state index in [0.29, 0.717) is 34.2 Å². The van der Waals surface area contributed by atoms with Crippen LogP contribution in [0.4, 0.5) is 0 Å². The molecule has 0 saturated heterocycles. The highest BCUT2D eigenvalue weighted by Gasteiger charge is 2.21. The Labute approximate surface area is 345 Å². The van der Waals surface area contributed by atoms with Gasteiger partial charge in [-0.2, -0.15) is 10.5 Å². The fourth-order valence-corrected chi connectivity index (χ4v) is 8.55. The van der Waals surface area contributed by atoms with Crippen LogP contribution in [0.5, 0.6) is 0 Å². The molecule has 0 radical (unpaired) electrons. The van der Waals surface area contributed by atoms with E-state index in [2.05, 4.69) is 124 Å². The number of benzene rings is 8. The SMILES string of the molecule is N#Cc1cccc(-c2ccc(-n3c4ccccc4c4ccccc43)cc2-c2nc(-c3ccccc3)nc(-c3cc(-n4c5ccccc5c5ccccc54)ccc3C#N)n2)c1. The fourth-order valence-electron chi connectivity index (χ4n) is 8.55. The molecule has 3 heterocycles. The Kier molecular flexibility index (Phi) is 8.11. The van der Waals surface area contributed by atoms with Gasteiger partial charge in [0.2, 0.25) is 0 Å². The summed E-state index contributed by atoms with van der Waals surface area (Å²) in [5, 5.41) is 25.1. The van der Waals surface area contributed by atoms with Gasteiger partial charge < -0.3 is 9.13 Å². The lowest BCUT2D eigenvalue weighted by molar-refractivity contribution is 1.07. The molecule has 0 spiro atoms. The van der Waals surface area contributed by atoms with Crippen LogP contribution < -0.4 is 0 Å². The number of hydrogen-bond acceptors (Lipinski definition) is 5. The van der Waals surface area contributed by atoms with E-state index in [9.17, 15) is 10.5 Å². The zero-order valence-electron chi connectivity index (χ0n) is 32.0. The fraction of sp³-hybridized carbons (Fsp3) is 0. The highest BCUT2D eigenvalue weighted by molar-refractivity contribution is 6.10. The van der Waals surface area contributed by atoms with E-state index in [-0.39, 0.29) is 0 Å². The second-order valence-electron chi connectivity index (χ2n) is 14.7. The standard InChI is InChI=1S/C53H31N7/c54-32-34-13-12-16-36(29-34)40-28-27-39(60-49-23-10-6-19-43(49)44-20-7-11-24-50(44)60)31-46(40)53-57-51(35-14-2-1-3-15-35)56-52(58-53)45-30-38(26-25-37(45)33-55)59-47-21-8-4-17-41(47)42-18-5-9-22-48(42)59/h1-31H. The first kappa shape index (κ1) is 34.6. The average molecular weight is 766 g/mol. The molecular formula is C53H31N7. The molecule has 7 nitrogen and oxygen atoms in total. The first-order chi connectivity index (χ1) is 29.7. The first-order valence-electron chi connectivity index (χ1n) is 19.6. The summed E-state index contributed by atoms with van der Waals surface area (Å²) in [4.78, 5) is 15.6. The molecule has 0 aliphatic rings. The number of hydrogen-bond donors (Lipinski definition) is 0. The lowest BCUT2D eigenvalue weighted by Gasteiger charge is -2.16. The summed E-state index contributed by atoms with van der Waals surface area (Å²) in [6.45, 7) is 0. The number of nitriles is 2. The minimum absolute atomic E-state index is 0.372. The monoisotopic (exact) mass is 765 g/mol. The molecule has 0 amide bonds. The molecule has 0 aliphatic heterocycles. The number of para-hydroxylation sites is 4. The third-order valence-corrected chi connectivity index (χ3v) is 11.3. The summed E-state index contributed by atoms with van der Waals surface area (Å²) < 4.78 is 4.50. The van der Waals surface area contributed by atoms with Gasteiger partial charge in [-0.25, -0.2) is 15.0 Å². The molecule has 8 aromatic carbocycles. The summed E-state index contributed by atoms with van der Waals surface area (Å²) >= 11 is 0. The lowest BCUT2D eigenvalue weighted by Crippen LogP contribution is -2.04. The molecule has 0 aliphatic carbocycles. The smallest absolute Gasteiger partial charge is 0.165 e. The molecule has 0 saturated carbocycles. The van der Waals surface area contributed by atoms with Crippen molar-refractivity contribution >= 4 is 43.6 Å². The molecule has 3 aromatic heterocycles. The molecule has 0 unspecified atom stereocenters. The van der Waals surface area contributed by atoms with E-state index < -0.39 is 0 Å². The maximum absolute atomic E-state index is 10.6. The average Bonchev–Trinajstić information content (AvgIpc) is 3.84. The van der Waals surface area contributed by atoms with Crippen LogP contribution in [0.25, 0.3) is 100 Å². The van der Waals surface area contributed by atoms with Crippen molar-refractivity contribution < 1.29 is 0 Å². The topological polar surface area (TPSA) is 96.1 Å². The van der Waals surface area contributed by atoms with Crippen molar-refractivity contribution in [2.75, 3.05) is 0 Å². The Morgan fingerprint density at radius 1 is 0.350 bits per heavy atom. The van der Waals surface area contributed by atoms with Crippen molar-refractivity contribution in [1.82, 2.24) is 24.1 Å². The van der Waals surface area contributed by atoms with Gasteiger partial charge in [0, 0.05) is 49.6 Å². The van der Waals surface area contributed by atoms with Gasteiger partial charge in [0.05, 0.1) is 45.3 Å². The van der Waals surface area contributed by atoms with Crippen molar-refractivity contribution in [3.8, 4) is 68.8 Å². The summed E-state index contributed by atoms with van der Waals surface area (Å²) in [5.41, 5.74) is 10.9. The minimum Gasteiger partial charge on any atom is -0.309 e. The van der Waals surface area contributed by atoms with Gasteiger partial charge in [0.15, 0.2) is 17.5 Å². The van der Waals surface area contributed by atoms with Crippen molar-refractivity contribution in [2.45, 2.75) is 0 Å². The predicted octanol–water partition coefficient (Wildman–Crippen LogP) is 12.5. The van der Waals surface area contributed by atoms with Crippen molar-refractivity contribution in [3.63, 3.8) is 0 Å². The van der Waals surface area contributed by atoms with E-state index in [1.165, 1.54) is 0 Å². The van der Waals surface area contributed by atoms with Crippen LogP contribution in [-0.2, 0) is 0 Å². The van der Waals surface area contributed by atoms with Crippen LogP contribution in [0.15, 0.2) is 188 Å². The van der Waals surface area contributed by atoms with Crippen LogP contribution in [0.2, 0.25) is 0 Å². The van der Waals surface area contributed by atoms with Crippen LogP contribution in [0, 0.1) is 22.7 Å². The summed E-state index contributed by atoms with van der Waals surface area (Å²) in [5.74, 6) is 1.28. The quantitative estimate of drug-likeness (QED) is 0.168. The van der Waals surface area contributed by atoms with Crippen molar-refractivity contribution in [1.29, 1.82) is 10.5 Å². The zero-order chi connectivity index (χ0) is 40.2. The largest absolute Gasteiger partial charge is 0.309 e. The molecule has 11 rings (SSSR count). The Hall–Kier alpha value is -8.65. The summed E-state index contributed by atoms with van der Waals surface area (Å²) in [6.07, 6.45) is 0. The molecule has 60 heavy (non-hydrogen) atoms. The number of rotatable bonds is 6. The van der Waals surface area contributed by atoms with Gasteiger partial charge in [-0.1, -0.05) is 121 Å². The molecule has 7 heteroatoms. The summed E-state index contributed by atoms with van der Waals surface area (Å²) in [6, 6.07) is 67.9. The van der Waals surface area contributed by atoms with E-state index in [4.69, 9.17) is 15.0 Å². The number of nitrogens with zero attached hydrogens (tertiary/aromatic N) is 7. The van der Waals surface area contributed by atoms with Crippen LogP contribution in [-0.4, -0.2) is 24.1 Å². The van der Waals surface area contributed by atoms with Crippen LogP contribution in [0.3, 0.4) is 0 Å². The Balaban J connectivity index is 1.19.